The molecule has 29 heavy (non-hydrogen) atoms. The van der Waals surface area contributed by atoms with Crippen molar-refractivity contribution in [3.63, 3.8) is 0 Å². The van der Waals surface area contributed by atoms with Gasteiger partial charge in [-0.1, -0.05) is 24.2 Å². The highest BCUT2D eigenvalue weighted by Crippen LogP contribution is 2.36. The van der Waals surface area contributed by atoms with Gasteiger partial charge in [0.1, 0.15) is 5.60 Å². The number of carbonyl (C=O) groups is 1. The lowest BCUT2D eigenvalue weighted by Gasteiger charge is -2.32. The Labute approximate surface area is 171 Å². The maximum Gasteiger partial charge on any atom is 0.486 e. The van der Waals surface area contributed by atoms with E-state index in [1.54, 1.807) is 44.9 Å². The molecule has 1 aromatic heterocycles. The van der Waals surface area contributed by atoms with Gasteiger partial charge in [-0.15, -0.1) is 0 Å². The topological polar surface area (TPSA) is 71.7 Å². The zero-order valence-electron chi connectivity index (χ0n) is 18.2. The molecule has 0 N–H and O–H groups in total. The molecule has 1 saturated heterocycles. The fraction of sp³-hybridized carbons (Fsp3) is 0.524. The molecule has 0 unspecified atom stereocenters. The third-order valence-electron chi connectivity index (χ3n) is 5.26. The van der Waals surface area contributed by atoms with Gasteiger partial charge in [-0.3, -0.25) is 4.57 Å². The molecule has 1 aromatic carbocycles. The minimum absolute atomic E-state index is 0.277. The average molecular weight is 400 g/mol. The molecular weight excluding hydrogens is 371 g/mol. The second-order valence-corrected chi connectivity index (χ2v) is 9.25. The predicted molar refractivity (Wildman–Crippen MR) is 113 cm³/mol. The first-order valence-electron chi connectivity index (χ1n) is 9.78. The van der Waals surface area contributed by atoms with Gasteiger partial charge < -0.3 is 14.0 Å². The summed E-state index contributed by atoms with van der Waals surface area (Å²) in [4.78, 5) is 25.6. The van der Waals surface area contributed by atoms with Crippen molar-refractivity contribution in [1.29, 1.82) is 0 Å². The van der Waals surface area contributed by atoms with E-state index in [2.05, 4.69) is 0 Å². The van der Waals surface area contributed by atoms with E-state index in [-0.39, 0.29) is 6.54 Å². The normalized spacial score (nSPS) is 18.7. The molecule has 2 aromatic rings. The molecule has 0 amide bonds. The number of nitrogens with zero attached hydrogens (tertiary/aromatic N) is 2. The summed E-state index contributed by atoms with van der Waals surface area (Å²) in [5.41, 5.74) is -0.829. The van der Waals surface area contributed by atoms with Crippen LogP contribution in [0.15, 0.2) is 41.1 Å². The van der Waals surface area contributed by atoms with Crippen molar-refractivity contribution in [2.45, 2.75) is 71.8 Å². The Morgan fingerprint density at radius 3 is 2.21 bits per heavy atom. The van der Waals surface area contributed by atoms with Gasteiger partial charge in [0.15, 0.2) is 0 Å². The van der Waals surface area contributed by atoms with Gasteiger partial charge in [-0.2, -0.15) is 4.57 Å². The van der Waals surface area contributed by atoms with Gasteiger partial charge in [0, 0.05) is 6.54 Å². The molecule has 1 aliphatic rings. The predicted octanol–water partition coefficient (Wildman–Crippen LogP) is 3.77. The fourth-order valence-electron chi connectivity index (χ4n) is 3.11. The van der Waals surface area contributed by atoms with Crippen molar-refractivity contribution in [3.05, 3.63) is 46.8 Å². The highest BCUT2D eigenvalue weighted by Gasteiger charge is 2.49. The molecule has 3 rings (SSSR count). The third kappa shape index (κ3) is 4.18. The molecule has 0 saturated carbocycles. The summed E-state index contributed by atoms with van der Waals surface area (Å²) in [5, 5.41) is 0. The quantitative estimate of drug-likeness (QED) is 0.734. The van der Waals surface area contributed by atoms with E-state index in [9.17, 15) is 9.59 Å². The lowest BCUT2D eigenvalue weighted by molar-refractivity contribution is 0.00578. The van der Waals surface area contributed by atoms with Crippen molar-refractivity contribution >= 4 is 24.2 Å². The van der Waals surface area contributed by atoms with Crippen LogP contribution in [0.2, 0.25) is 0 Å². The molecule has 156 valence electrons. The number of rotatable bonds is 3. The summed E-state index contributed by atoms with van der Waals surface area (Å²) < 4.78 is 19.9. The first kappa shape index (κ1) is 21.4. The maximum absolute atomic E-state index is 13.0. The minimum Gasteiger partial charge on any atom is -0.443 e. The number of fused-ring (bicyclic) bond motifs is 1. The molecule has 0 atom stereocenters. The molecule has 0 spiro atoms. The zero-order valence-corrected chi connectivity index (χ0v) is 18.2. The second kappa shape index (κ2) is 7.18. The molecule has 2 heterocycles. The SMILES string of the molecule is CC(C)(C)OC(=O)n1c(=O)n(CC=CB2OC(C)(C)C(C)(C)O2)c2ccccc21. The Bertz CT molecular complexity index is 994. The largest absolute Gasteiger partial charge is 0.486 e. The van der Waals surface area contributed by atoms with Gasteiger partial charge in [-0.05, 0) is 60.6 Å². The lowest BCUT2D eigenvalue weighted by Crippen LogP contribution is -2.41. The Morgan fingerprint density at radius 1 is 1.10 bits per heavy atom. The van der Waals surface area contributed by atoms with Crippen LogP contribution < -0.4 is 5.69 Å². The van der Waals surface area contributed by atoms with Crippen LogP contribution in [0, 0.1) is 0 Å². The molecule has 1 fully saturated rings. The molecular formula is C21H29BN2O5. The van der Waals surface area contributed by atoms with Crippen LogP contribution in [0.5, 0.6) is 0 Å². The van der Waals surface area contributed by atoms with Crippen LogP contribution in [-0.4, -0.2) is 39.1 Å². The number of aromatic nitrogens is 2. The molecule has 1 aliphatic heterocycles. The van der Waals surface area contributed by atoms with E-state index in [1.165, 1.54) is 4.57 Å². The Hall–Kier alpha value is -2.32. The number of hydrogen-bond donors (Lipinski definition) is 0. The molecule has 0 aliphatic carbocycles. The van der Waals surface area contributed by atoms with Crippen LogP contribution >= 0.6 is 0 Å². The van der Waals surface area contributed by atoms with Gasteiger partial charge in [-0.25, -0.2) is 9.59 Å². The van der Waals surface area contributed by atoms with E-state index in [0.717, 1.165) is 4.57 Å². The summed E-state index contributed by atoms with van der Waals surface area (Å²) >= 11 is 0. The summed E-state index contributed by atoms with van der Waals surface area (Å²) in [6, 6.07) is 7.15. The van der Waals surface area contributed by atoms with E-state index in [0.29, 0.717) is 11.0 Å². The first-order chi connectivity index (χ1) is 13.3. The molecule has 8 heteroatoms. The van der Waals surface area contributed by atoms with Crippen molar-refractivity contribution < 1.29 is 18.8 Å². The Balaban J connectivity index is 1.88. The molecule has 0 radical (unpaired) electrons. The van der Waals surface area contributed by atoms with E-state index in [4.69, 9.17) is 14.0 Å². The van der Waals surface area contributed by atoms with Crippen LogP contribution in [0.3, 0.4) is 0 Å². The smallest absolute Gasteiger partial charge is 0.443 e. The maximum atomic E-state index is 13.0. The van der Waals surface area contributed by atoms with Crippen molar-refractivity contribution in [1.82, 2.24) is 9.13 Å². The van der Waals surface area contributed by atoms with Gasteiger partial charge in [0.2, 0.25) is 0 Å². The van der Waals surface area contributed by atoms with Crippen molar-refractivity contribution in [3.8, 4) is 0 Å². The van der Waals surface area contributed by atoms with Crippen LogP contribution in [0.25, 0.3) is 11.0 Å². The number of benzene rings is 1. The van der Waals surface area contributed by atoms with E-state index in [1.807, 2.05) is 39.8 Å². The third-order valence-corrected chi connectivity index (χ3v) is 5.26. The van der Waals surface area contributed by atoms with Crippen molar-refractivity contribution in [2.75, 3.05) is 0 Å². The average Bonchev–Trinajstić information content (AvgIpc) is 2.95. The fourth-order valence-corrected chi connectivity index (χ4v) is 3.11. The number of allylic oxidation sites excluding steroid dienone is 1. The van der Waals surface area contributed by atoms with Crippen LogP contribution in [-0.2, 0) is 20.6 Å². The Kier molecular flexibility index (Phi) is 5.30. The molecule has 0 bridgehead atoms. The van der Waals surface area contributed by atoms with Crippen molar-refractivity contribution in [2.24, 2.45) is 0 Å². The first-order valence-corrected chi connectivity index (χ1v) is 9.78. The summed E-state index contributed by atoms with van der Waals surface area (Å²) in [5.74, 6) is 1.79. The minimum atomic E-state index is -0.698. The van der Waals surface area contributed by atoms with E-state index >= 15 is 0 Å². The van der Waals surface area contributed by atoms with Crippen LogP contribution in [0.1, 0.15) is 48.5 Å². The van der Waals surface area contributed by atoms with E-state index < -0.39 is 35.7 Å². The number of carbonyl (C=O) groups excluding carboxylic acids is 1. The highest BCUT2D eigenvalue weighted by molar-refractivity contribution is 6.51. The number of ether oxygens (including phenoxy) is 1. The van der Waals surface area contributed by atoms with Crippen LogP contribution in [0.4, 0.5) is 4.79 Å². The summed E-state index contributed by atoms with van der Waals surface area (Å²) in [6.45, 7) is 13.5. The number of para-hydroxylation sites is 2. The Morgan fingerprint density at radius 2 is 1.66 bits per heavy atom. The lowest BCUT2D eigenvalue weighted by atomic mass is 9.90. The second-order valence-electron chi connectivity index (χ2n) is 9.25. The standard InChI is InChI=1S/C21H29BN2O5/c1-19(2,3)27-18(26)24-16-12-9-8-11-15(16)23(17(24)25)14-10-13-22-28-20(4,5)21(6,7)29-22/h8-13H,14H2,1-7H3. The molecule has 7 nitrogen and oxygen atoms in total. The van der Waals surface area contributed by atoms with Gasteiger partial charge in [0.05, 0.1) is 22.2 Å². The number of imidazole rings is 1. The van der Waals surface area contributed by atoms with Gasteiger partial charge >= 0.3 is 18.9 Å². The zero-order chi connectivity index (χ0) is 21.6. The highest BCUT2D eigenvalue weighted by atomic mass is 16.7. The monoisotopic (exact) mass is 400 g/mol. The summed E-state index contributed by atoms with van der Waals surface area (Å²) in [7, 11) is -0.491. The van der Waals surface area contributed by atoms with Gasteiger partial charge in [0.25, 0.3) is 0 Å². The summed E-state index contributed by atoms with van der Waals surface area (Å²) in [6.07, 6.45) is 1.13. The number of hydrogen-bond acceptors (Lipinski definition) is 5.